The lowest BCUT2D eigenvalue weighted by atomic mass is 10.1. The summed E-state index contributed by atoms with van der Waals surface area (Å²) in [5.41, 5.74) is 6.63. The maximum Gasteiger partial charge on any atom is 0.243 e. The Bertz CT molecular complexity index is 362. The second-order valence-corrected chi connectivity index (χ2v) is 3.99. The number of nitrogens with two attached hydrogens (primary N) is 1. The minimum atomic E-state index is -0.424. The minimum Gasteiger partial charge on any atom is -0.497 e. The van der Waals surface area contributed by atoms with E-state index in [9.17, 15) is 4.79 Å². The van der Waals surface area contributed by atoms with Crippen LogP contribution in [0.25, 0.3) is 0 Å². The molecule has 0 bridgehead atoms. The highest BCUT2D eigenvalue weighted by Gasteiger charge is 2.18. The van der Waals surface area contributed by atoms with Gasteiger partial charge in [0.05, 0.1) is 13.2 Å². The van der Waals surface area contributed by atoms with Gasteiger partial charge in [-0.05, 0) is 30.7 Å². The topological polar surface area (TPSA) is 55.6 Å². The Morgan fingerprint density at radius 1 is 1.41 bits per heavy atom. The fourth-order valence-corrected chi connectivity index (χ4v) is 1.62. The average molecular weight is 236 g/mol. The number of nitrogens with zero attached hydrogens (tertiary/aromatic N) is 1. The molecule has 0 unspecified atom stereocenters. The molecular weight excluding hydrogens is 216 g/mol. The number of carbonyl (C=O) groups excluding carboxylic acids is 1. The van der Waals surface area contributed by atoms with Crippen LogP contribution in [0.3, 0.4) is 0 Å². The van der Waals surface area contributed by atoms with E-state index in [0.29, 0.717) is 6.42 Å². The number of amides is 1. The van der Waals surface area contributed by atoms with Gasteiger partial charge < -0.3 is 15.4 Å². The number of anilines is 1. The molecule has 0 saturated carbocycles. The first kappa shape index (κ1) is 13.5. The van der Waals surface area contributed by atoms with E-state index in [4.69, 9.17) is 10.5 Å². The molecular formula is C13H20N2O2. The van der Waals surface area contributed by atoms with E-state index < -0.39 is 6.04 Å². The van der Waals surface area contributed by atoms with Gasteiger partial charge in [0.2, 0.25) is 5.91 Å². The number of hydrogen-bond acceptors (Lipinski definition) is 3. The third kappa shape index (κ3) is 3.46. The number of hydrogen-bond donors (Lipinski definition) is 1. The van der Waals surface area contributed by atoms with Crippen LogP contribution in [0.2, 0.25) is 0 Å². The van der Waals surface area contributed by atoms with Crippen LogP contribution in [0.4, 0.5) is 5.69 Å². The van der Waals surface area contributed by atoms with E-state index in [0.717, 1.165) is 17.9 Å². The van der Waals surface area contributed by atoms with Crippen LogP contribution in [0.5, 0.6) is 5.75 Å². The van der Waals surface area contributed by atoms with E-state index in [1.54, 1.807) is 19.1 Å². The first-order valence-corrected chi connectivity index (χ1v) is 5.77. The standard InChI is InChI=1S/C13H20N2O2/c1-4-5-12(14)13(16)15(2)10-6-8-11(17-3)9-7-10/h6-9,12H,4-5,14H2,1-3H3/t12-/m1/s1. The van der Waals surface area contributed by atoms with Crippen LogP contribution in [0, 0.1) is 0 Å². The molecule has 0 spiro atoms. The molecule has 0 aliphatic carbocycles. The van der Waals surface area contributed by atoms with E-state index in [1.165, 1.54) is 0 Å². The lowest BCUT2D eigenvalue weighted by Crippen LogP contribution is -2.41. The third-order valence-electron chi connectivity index (χ3n) is 2.71. The fourth-order valence-electron chi connectivity index (χ4n) is 1.62. The highest BCUT2D eigenvalue weighted by molar-refractivity contribution is 5.96. The Hall–Kier alpha value is -1.55. The predicted molar refractivity (Wildman–Crippen MR) is 69.3 cm³/mol. The smallest absolute Gasteiger partial charge is 0.243 e. The third-order valence-corrected chi connectivity index (χ3v) is 2.71. The second-order valence-electron chi connectivity index (χ2n) is 3.99. The number of methoxy groups -OCH3 is 1. The lowest BCUT2D eigenvalue weighted by molar-refractivity contribution is -0.119. The Kier molecular flexibility index (Phi) is 4.97. The molecule has 94 valence electrons. The second kappa shape index (κ2) is 6.25. The molecule has 17 heavy (non-hydrogen) atoms. The van der Waals surface area contributed by atoms with E-state index in [2.05, 4.69) is 0 Å². The Morgan fingerprint density at radius 3 is 2.47 bits per heavy atom. The molecule has 0 aromatic heterocycles. The number of ether oxygens (including phenoxy) is 1. The van der Waals surface area contributed by atoms with Crippen LogP contribution < -0.4 is 15.4 Å². The lowest BCUT2D eigenvalue weighted by Gasteiger charge is -2.21. The Labute approximate surface area is 102 Å². The monoisotopic (exact) mass is 236 g/mol. The highest BCUT2D eigenvalue weighted by Crippen LogP contribution is 2.18. The van der Waals surface area contributed by atoms with Gasteiger partial charge in [-0.3, -0.25) is 4.79 Å². The van der Waals surface area contributed by atoms with Crippen molar-refractivity contribution in [1.29, 1.82) is 0 Å². The van der Waals surface area contributed by atoms with Crippen molar-refractivity contribution in [2.45, 2.75) is 25.8 Å². The highest BCUT2D eigenvalue weighted by atomic mass is 16.5. The summed E-state index contributed by atoms with van der Waals surface area (Å²) in [5.74, 6) is 0.712. The molecule has 4 heteroatoms. The minimum absolute atomic E-state index is 0.0583. The molecule has 1 atom stereocenters. The molecule has 0 aliphatic rings. The van der Waals surface area contributed by atoms with Crippen molar-refractivity contribution in [2.75, 3.05) is 19.1 Å². The molecule has 4 nitrogen and oxygen atoms in total. The first-order chi connectivity index (χ1) is 8.10. The van der Waals surface area contributed by atoms with Crippen molar-refractivity contribution in [3.05, 3.63) is 24.3 Å². The molecule has 0 radical (unpaired) electrons. The van der Waals surface area contributed by atoms with Gasteiger partial charge in [0, 0.05) is 12.7 Å². The van der Waals surface area contributed by atoms with Gasteiger partial charge >= 0.3 is 0 Å². The van der Waals surface area contributed by atoms with Gasteiger partial charge in [-0.15, -0.1) is 0 Å². The zero-order valence-electron chi connectivity index (χ0n) is 10.6. The molecule has 1 amide bonds. The van der Waals surface area contributed by atoms with Crippen molar-refractivity contribution in [3.63, 3.8) is 0 Å². The average Bonchev–Trinajstić information content (AvgIpc) is 2.37. The number of likely N-dealkylation sites (N-methyl/N-ethyl adjacent to an activating group) is 1. The molecule has 1 aromatic rings. The number of rotatable bonds is 5. The van der Waals surface area contributed by atoms with Gasteiger partial charge in [0.25, 0.3) is 0 Å². The van der Waals surface area contributed by atoms with Crippen LogP contribution in [0.1, 0.15) is 19.8 Å². The van der Waals surface area contributed by atoms with E-state index in [1.807, 2.05) is 31.2 Å². The predicted octanol–water partition coefficient (Wildman–Crippen LogP) is 1.79. The normalized spacial score (nSPS) is 12.0. The Morgan fingerprint density at radius 2 is 2.00 bits per heavy atom. The Balaban J connectivity index is 2.74. The maximum atomic E-state index is 12.0. The summed E-state index contributed by atoms with van der Waals surface area (Å²) in [6, 6.07) is 6.91. The van der Waals surface area contributed by atoms with Crippen LogP contribution in [-0.4, -0.2) is 26.1 Å². The molecule has 0 fully saturated rings. The van der Waals surface area contributed by atoms with Crippen LogP contribution >= 0.6 is 0 Å². The molecule has 2 N–H and O–H groups in total. The molecule has 1 aromatic carbocycles. The zero-order chi connectivity index (χ0) is 12.8. The van der Waals surface area contributed by atoms with Crippen molar-refractivity contribution in [3.8, 4) is 5.75 Å². The first-order valence-electron chi connectivity index (χ1n) is 5.77. The summed E-state index contributed by atoms with van der Waals surface area (Å²) in [6.07, 6.45) is 1.61. The molecule has 0 saturated heterocycles. The summed E-state index contributed by atoms with van der Waals surface area (Å²) in [6.45, 7) is 2.01. The largest absolute Gasteiger partial charge is 0.497 e. The zero-order valence-corrected chi connectivity index (χ0v) is 10.6. The van der Waals surface area contributed by atoms with Gasteiger partial charge in [0.1, 0.15) is 5.75 Å². The molecule has 1 rings (SSSR count). The van der Waals surface area contributed by atoms with Crippen molar-refractivity contribution >= 4 is 11.6 Å². The summed E-state index contributed by atoms with van der Waals surface area (Å²) < 4.78 is 5.07. The maximum absolute atomic E-state index is 12.0. The van der Waals surface area contributed by atoms with Gasteiger partial charge in [0.15, 0.2) is 0 Å². The summed E-state index contributed by atoms with van der Waals surface area (Å²) in [5, 5.41) is 0. The van der Waals surface area contributed by atoms with Crippen molar-refractivity contribution in [2.24, 2.45) is 5.73 Å². The van der Waals surface area contributed by atoms with E-state index in [-0.39, 0.29) is 5.91 Å². The van der Waals surface area contributed by atoms with Crippen molar-refractivity contribution in [1.82, 2.24) is 0 Å². The van der Waals surface area contributed by atoms with Gasteiger partial charge in [-0.2, -0.15) is 0 Å². The van der Waals surface area contributed by atoms with Crippen LogP contribution in [-0.2, 0) is 4.79 Å². The van der Waals surface area contributed by atoms with Crippen LogP contribution in [0.15, 0.2) is 24.3 Å². The SMILES string of the molecule is CCC[C@@H](N)C(=O)N(C)c1ccc(OC)cc1. The molecule has 0 heterocycles. The van der Waals surface area contributed by atoms with E-state index >= 15 is 0 Å². The van der Waals surface area contributed by atoms with Gasteiger partial charge in [-0.25, -0.2) is 0 Å². The fraction of sp³-hybridized carbons (Fsp3) is 0.462. The number of carbonyl (C=O) groups is 1. The van der Waals surface area contributed by atoms with Crippen molar-refractivity contribution < 1.29 is 9.53 Å². The van der Waals surface area contributed by atoms with Gasteiger partial charge in [-0.1, -0.05) is 13.3 Å². The molecule has 0 aliphatic heterocycles. The number of benzene rings is 1. The summed E-state index contributed by atoms with van der Waals surface area (Å²) in [7, 11) is 3.35. The summed E-state index contributed by atoms with van der Waals surface area (Å²) >= 11 is 0. The quantitative estimate of drug-likeness (QED) is 0.848. The summed E-state index contributed by atoms with van der Waals surface area (Å²) in [4.78, 5) is 13.5.